The number of aromatic nitrogens is 2. The fourth-order valence-corrected chi connectivity index (χ4v) is 1.32. The summed E-state index contributed by atoms with van der Waals surface area (Å²) in [5.74, 6) is 0.291. The maximum absolute atomic E-state index is 10.3. The Balaban J connectivity index is 3.01. The number of aldehydes is 1. The van der Waals surface area contributed by atoms with Crippen LogP contribution in [0.3, 0.4) is 0 Å². The number of nitrogens with zero attached hydrogens (tertiary/aromatic N) is 2. The van der Waals surface area contributed by atoms with Gasteiger partial charge in [0.1, 0.15) is 4.88 Å². The van der Waals surface area contributed by atoms with Crippen LogP contribution in [0.25, 0.3) is 0 Å². The zero-order valence-electron chi connectivity index (χ0n) is 5.87. The highest BCUT2D eigenvalue weighted by atomic mass is 32.1. The first-order valence-corrected chi connectivity index (χ1v) is 3.80. The summed E-state index contributed by atoms with van der Waals surface area (Å²) in [5.41, 5.74) is 0.806. The lowest BCUT2D eigenvalue weighted by atomic mass is 10.1. The fourth-order valence-electron chi connectivity index (χ4n) is 0.686. The zero-order valence-corrected chi connectivity index (χ0v) is 6.68. The van der Waals surface area contributed by atoms with E-state index >= 15 is 0 Å². The fraction of sp³-hybridized carbons (Fsp3) is 0.500. The molecule has 0 unspecified atom stereocenters. The van der Waals surface area contributed by atoms with E-state index in [2.05, 4.69) is 9.59 Å². The van der Waals surface area contributed by atoms with Gasteiger partial charge in [-0.25, -0.2) is 0 Å². The largest absolute Gasteiger partial charge is 0.297 e. The number of hydrogen-bond acceptors (Lipinski definition) is 4. The minimum atomic E-state index is 0.291. The molecule has 0 aromatic carbocycles. The standard InChI is InChI=1S/C6H8N2OS/c1-4(2)6-5(3-9)10-8-7-6/h3-4H,1-2H3. The molecule has 0 radical (unpaired) electrons. The third-order valence-corrected chi connectivity index (χ3v) is 1.86. The molecule has 0 atom stereocenters. The van der Waals surface area contributed by atoms with E-state index in [0.717, 1.165) is 23.5 Å². The van der Waals surface area contributed by atoms with Crippen molar-refractivity contribution in [3.05, 3.63) is 10.6 Å². The molecule has 0 bridgehead atoms. The van der Waals surface area contributed by atoms with Gasteiger partial charge in [-0.05, 0) is 17.5 Å². The van der Waals surface area contributed by atoms with Gasteiger partial charge in [0.25, 0.3) is 0 Å². The number of carbonyl (C=O) groups is 1. The van der Waals surface area contributed by atoms with Gasteiger partial charge >= 0.3 is 0 Å². The molecular formula is C6H8N2OS. The average molecular weight is 156 g/mol. The molecule has 4 heteroatoms. The molecule has 1 aromatic heterocycles. The topological polar surface area (TPSA) is 42.9 Å². The first-order chi connectivity index (χ1) is 4.75. The molecule has 0 saturated carbocycles. The smallest absolute Gasteiger partial charge is 0.163 e. The van der Waals surface area contributed by atoms with E-state index in [4.69, 9.17) is 0 Å². The Bertz CT molecular complexity index is 231. The molecule has 10 heavy (non-hydrogen) atoms. The molecule has 1 rings (SSSR count). The van der Waals surface area contributed by atoms with Gasteiger partial charge in [-0.15, -0.1) is 5.10 Å². The summed E-state index contributed by atoms with van der Waals surface area (Å²) in [4.78, 5) is 11.0. The summed E-state index contributed by atoms with van der Waals surface area (Å²) in [6, 6.07) is 0. The van der Waals surface area contributed by atoms with Crippen LogP contribution < -0.4 is 0 Å². The molecule has 0 aliphatic heterocycles. The van der Waals surface area contributed by atoms with E-state index < -0.39 is 0 Å². The second kappa shape index (κ2) is 2.88. The quantitative estimate of drug-likeness (QED) is 0.609. The van der Waals surface area contributed by atoms with Crippen LogP contribution in [-0.2, 0) is 0 Å². The van der Waals surface area contributed by atoms with E-state index in [9.17, 15) is 4.79 Å². The van der Waals surface area contributed by atoms with Crippen LogP contribution in [0, 0.1) is 0 Å². The molecule has 54 valence electrons. The predicted molar refractivity (Wildman–Crippen MR) is 39.4 cm³/mol. The van der Waals surface area contributed by atoms with E-state index in [-0.39, 0.29) is 0 Å². The molecule has 0 spiro atoms. The first-order valence-electron chi connectivity index (χ1n) is 3.03. The highest BCUT2D eigenvalue weighted by Gasteiger charge is 2.09. The lowest BCUT2D eigenvalue weighted by Crippen LogP contribution is -1.91. The number of rotatable bonds is 2. The van der Waals surface area contributed by atoms with Gasteiger partial charge < -0.3 is 0 Å². The van der Waals surface area contributed by atoms with Crippen LogP contribution >= 0.6 is 11.5 Å². The Hall–Kier alpha value is -0.770. The van der Waals surface area contributed by atoms with Crippen LogP contribution in [0.2, 0.25) is 0 Å². The molecular weight excluding hydrogens is 148 g/mol. The molecule has 0 fully saturated rings. The van der Waals surface area contributed by atoms with Gasteiger partial charge in [-0.3, -0.25) is 4.79 Å². The lowest BCUT2D eigenvalue weighted by Gasteiger charge is -1.96. The molecule has 0 aliphatic carbocycles. The van der Waals surface area contributed by atoms with Crippen molar-refractivity contribution in [2.45, 2.75) is 19.8 Å². The van der Waals surface area contributed by atoms with E-state index in [1.54, 1.807) is 0 Å². The molecule has 1 heterocycles. The highest BCUT2D eigenvalue weighted by Crippen LogP contribution is 2.16. The predicted octanol–water partition coefficient (Wildman–Crippen LogP) is 1.47. The number of hydrogen-bond donors (Lipinski definition) is 0. The second-order valence-corrected chi connectivity index (χ2v) is 3.08. The van der Waals surface area contributed by atoms with Gasteiger partial charge in [0, 0.05) is 0 Å². The monoisotopic (exact) mass is 156 g/mol. The van der Waals surface area contributed by atoms with Crippen molar-refractivity contribution in [2.24, 2.45) is 0 Å². The second-order valence-electron chi connectivity index (χ2n) is 2.29. The van der Waals surface area contributed by atoms with Crippen LogP contribution in [0.1, 0.15) is 35.1 Å². The molecule has 3 nitrogen and oxygen atoms in total. The van der Waals surface area contributed by atoms with Crippen molar-refractivity contribution < 1.29 is 4.79 Å². The van der Waals surface area contributed by atoms with Crippen molar-refractivity contribution in [1.29, 1.82) is 0 Å². The molecule has 0 amide bonds. The van der Waals surface area contributed by atoms with Crippen LogP contribution in [0.15, 0.2) is 0 Å². The number of carbonyl (C=O) groups excluding carboxylic acids is 1. The Morgan fingerprint density at radius 1 is 1.60 bits per heavy atom. The van der Waals surface area contributed by atoms with Crippen molar-refractivity contribution in [3.8, 4) is 0 Å². The summed E-state index contributed by atoms with van der Waals surface area (Å²) < 4.78 is 3.67. The SMILES string of the molecule is CC(C)c1nnsc1C=O. The Kier molecular flexibility index (Phi) is 2.11. The third kappa shape index (κ3) is 1.21. The third-order valence-electron chi connectivity index (χ3n) is 1.19. The van der Waals surface area contributed by atoms with Gasteiger partial charge in [0.15, 0.2) is 6.29 Å². The summed E-state index contributed by atoms with van der Waals surface area (Å²) in [6.45, 7) is 3.98. The van der Waals surface area contributed by atoms with Gasteiger partial charge in [0.05, 0.1) is 5.69 Å². The van der Waals surface area contributed by atoms with Crippen molar-refractivity contribution >= 4 is 17.8 Å². The minimum absolute atomic E-state index is 0.291. The van der Waals surface area contributed by atoms with Gasteiger partial charge in [-0.1, -0.05) is 18.3 Å². The van der Waals surface area contributed by atoms with Crippen LogP contribution in [-0.4, -0.2) is 15.9 Å². The van der Waals surface area contributed by atoms with Gasteiger partial charge in [-0.2, -0.15) is 0 Å². The summed E-state index contributed by atoms with van der Waals surface area (Å²) in [6.07, 6.45) is 0.806. The van der Waals surface area contributed by atoms with Crippen molar-refractivity contribution in [2.75, 3.05) is 0 Å². The maximum Gasteiger partial charge on any atom is 0.163 e. The van der Waals surface area contributed by atoms with Crippen molar-refractivity contribution in [3.63, 3.8) is 0 Å². The van der Waals surface area contributed by atoms with Crippen molar-refractivity contribution in [1.82, 2.24) is 9.59 Å². The Morgan fingerprint density at radius 3 is 2.70 bits per heavy atom. The first kappa shape index (κ1) is 7.34. The van der Waals surface area contributed by atoms with Crippen LogP contribution in [0.4, 0.5) is 0 Å². The zero-order chi connectivity index (χ0) is 7.56. The molecule has 0 N–H and O–H groups in total. The highest BCUT2D eigenvalue weighted by molar-refractivity contribution is 7.07. The summed E-state index contributed by atoms with van der Waals surface area (Å²) >= 11 is 1.15. The molecule has 0 aliphatic rings. The van der Waals surface area contributed by atoms with E-state index in [1.807, 2.05) is 13.8 Å². The molecule has 1 aromatic rings. The average Bonchev–Trinajstić information content (AvgIpc) is 2.33. The maximum atomic E-state index is 10.3. The van der Waals surface area contributed by atoms with Crippen LogP contribution in [0.5, 0.6) is 0 Å². The summed E-state index contributed by atoms with van der Waals surface area (Å²) in [5, 5.41) is 3.82. The van der Waals surface area contributed by atoms with Gasteiger partial charge in [0.2, 0.25) is 0 Å². The Morgan fingerprint density at radius 2 is 2.30 bits per heavy atom. The minimum Gasteiger partial charge on any atom is -0.297 e. The lowest BCUT2D eigenvalue weighted by molar-refractivity contribution is 0.112. The molecule has 0 saturated heterocycles. The van der Waals surface area contributed by atoms with E-state index in [0.29, 0.717) is 10.8 Å². The van der Waals surface area contributed by atoms with E-state index in [1.165, 1.54) is 0 Å². The summed E-state index contributed by atoms with van der Waals surface area (Å²) in [7, 11) is 0. The Labute approximate surface area is 63.2 Å². The normalized spacial score (nSPS) is 10.3.